The maximum absolute atomic E-state index is 13.5. The molecule has 0 aliphatic heterocycles. The predicted octanol–water partition coefficient (Wildman–Crippen LogP) is 7.94. The number of anilines is 2. The van der Waals surface area contributed by atoms with Crippen LogP contribution in [0.2, 0.25) is 5.02 Å². The van der Waals surface area contributed by atoms with Crippen LogP contribution in [-0.4, -0.2) is 23.5 Å². The number of benzene rings is 5. The number of halogens is 1. The predicted molar refractivity (Wildman–Crippen MR) is 176 cm³/mol. The summed E-state index contributed by atoms with van der Waals surface area (Å²) in [6, 6.07) is 35.0. The average molecular weight is 606 g/mol. The molecule has 8 heteroatoms. The topological polar surface area (TPSA) is 87.3 Å². The van der Waals surface area contributed by atoms with E-state index < -0.39 is 5.91 Å². The molecule has 0 radical (unpaired) electrons. The second-order valence-electron chi connectivity index (χ2n) is 9.67. The first-order chi connectivity index (χ1) is 20.9. The molecule has 3 amide bonds. The van der Waals surface area contributed by atoms with E-state index in [-0.39, 0.29) is 23.3 Å². The minimum absolute atomic E-state index is 0.108. The van der Waals surface area contributed by atoms with Gasteiger partial charge in [-0.25, -0.2) is 0 Å². The molecule has 43 heavy (non-hydrogen) atoms. The standard InChI is InChI=1S/C35H28ClN3O3S/c1-23-30(36)15-8-16-31(23)38-33(40)22-43-28-19-17-27(18-20-28)37-35(42)32(39-34(41)25-10-3-2-4-11-25)21-26-13-7-12-24-9-5-6-14-29(24)26/h2-21H,22H2,1H3,(H,37,42)(H,38,40)(H,39,41)/b32-21-. The molecule has 0 aromatic heterocycles. The number of nitrogens with one attached hydrogen (secondary N) is 3. The first-order valence-corrected chi connectivity index (χ1v) is 14.9. The van der Waals surface area contributed by atoms with E-state index in [0.717, 1.165) is 26.8 Å². The van der Waals surface area contributed by atoms with Gasteiger partial charge in [0.15, 0.2) is 0 Å². The quantitative estimate of drug-likeness (QED) is 0.118. The van der Waals surface area contributed by atoms with E-state index in [9.17, 15) is 14.4 Å². The van der Waals surface area contributed by atoms with Crippen LogP contribution in [0.3, 0.4) is 0 Å². The van der Waals surface area contributed by atoms with Gasteiger partial charge in [-0.1, -0.05) is 78.3 Å². The third-order valence-corrected chi connectivity index (χ3v) is 8.10. The normalized spacial score (nSPS) is 11.2. The molecule has 0 atom stereocenters. The summed E-state index contributed by atoms with van der Waals surface area (Å²) in [4.78, 5) is 39.8. The highest BCUT2D eigenvalue weighted by molar-refractivity contribution is 8.00. The summed E-state index contributed by atoms with van der Waals surface area (Å²) < 4.78 is 0. The molecule has 0 saturated heterocycles. The van der Waals surface area contributed by atoms with E-state index in [4.69, 9.17) is 11.6 Å². The Balaban J connectivity index is 1.29. The molecule has 0 aliphatic rings. The largest absolute Gasteiger partial charge is 0.325 e. The number of thioether (sulfide) groups is 1. The van der Waals surface area contributed by atoms with Crippen LogP contribution in [0.4, 0.5) is 11.4 Å². The number of carbonyl (C=O) groups excluding carboxylic acids is 3. The summed E-state index contributed by atoms with van der Waals surface area (Å²) in [7, 11) is 0. The van der Waals surface area contributed by atoms with Gasteiger partial charge < -0.3 is 16.0 Å². The van der Waals surface area contributed by atoms with Crippen molar-refractivity contribution in [2.45, 2.75) is 11.8 Å². The number of carbonyl (C=O) groups is 3. The van der Waals surface area contributed by atoms with Crippen molar-refractivity contribution in [2.24, 2.45) is 0 Å². The van der Waals surface area contributed by atoms with Crippen LogP contribution in [0.5, 0.6) is 0 Å². The Morgan fingerprint density at radius 1 is 0.767 bits per heavy atom. The van der Waals surface area contributed by atoms with Crippen molar-refractivity contribution in [1.29, 1.82) is 0 Å². The second-order valence-corrected chi connectivity index (χ2v) is 11.1. The van der Waals surface area contributed by atoms with Crippen LogP contribution >= 0.6 is 23.4 Å². The van der Waals surface area contributed by atoms with Crippen molar-refractivity contribution in [1.82, 2.24) is 5.32 Å². The smallest absolute Gasteiger partial charge is 0.272 e. The van der Waals surface area contributed by atoms with Gasteiger partial charge >= 0.3 is 0 Å². The molecule has 214 valence electrons. The lowest BCUT2D eigenvalue weighted by Crippen LogP contribution is -2.30. The third-order valence-electron chi connectivity index (χ3n) is 6.68. The molecule has 0 fully saturated rings. The molecule has 3 N–H and O–H groups in total. The van der Waals surface area contributed by atoms with Gasteiger partial charge in [0.25, 0.3) is 11.8 Å². The first-order valence-electron chi connectivity index (χ1n) is 13.5. The van der Waals surface area contributed by atoms with Crippen molar-refractivity contribution in [3.05, 3.63) is 143 Å². The van der Waals surface area contributed by atoms with Gasteiger partial charge in [-0.2, -0.15) is 0 Å². The van der Waals surface area contributed by atoms with Crippen molar-refractivity contribution in [2.75, 3.05) is 16.4 Å². The number of hydrogen-bond donors (Lipinski definition) is 3. The molecule has 0 unspecified atom stereocenters. The van der Waals surface area contributed by atoms with E-state index in [0.29, 0.717) is 22.0 Å². The summed E-state index contributed by atoms with van der Waals surface area (Å²) in [6.45, 7) is 1.86. The zero-order chi connectivity index (χ0) is 30.2. The maximum atomic E-state index is 13.5. The van der Waals surface area contributed by atoms with Gasteiger partial charge in [-0.05, 0) is 83.4 Å². The van der Waals surface area contributed by atoms with Crippen LogP contribution < -0.4 is 16.0 Å². The van der Waals surface area contributed by atoms with Crippen LogP contribution in [0.1, 0.15) is 21.5 Å². The van der Waals surface area contributed by atoms with Crippen LogP contribution in [0.15, 0.2) is 126 Å². The number of rotatable bonds is 9. The minimum atomic E-state index is -0.464. The molecule has 5 aromatic rings. The number of amides is 3. The van der Waals surface area contributed by atoms with Gasteiger partial charge in [0.05, 0.1) is 5.75 Å². The molecular formula is C35H28ClN3O3S. The van der Waals surface area contributed by atoms with Crippen molar-refractivity contribution in [3.63, 3.8) is 0 Å². The van der Waals surface area contributed by atoms with Gasteiger partial charge in [-0.3, -0.25) is 14.4 Å². The highest BCUT2D eigenvalue weighted by Gasteiger charge is 2.16. The van der Waals surface area contributed by atoms with E-state index >= 15 is 0 Å². The van der Waals surface area contributed by atoms with Gasteiger partial charge in [0.2, 0.25) is 5.91 Å². The number of fused-ring (bicyclic) bond motifs is 1. The summed E-state index contributed by atoms with van der Waals surface area (Å²) in [5.41, 5.74) is 3.40. The highest BCUT2D eigenvalue weighted by atomic mass is 35.5. The van der Waals surface area contributed by atoms with Gasteiger partial charge in [0, 0.05) is 26.9 Å². The van der Waals surface area contributed by atoms with Crippen molar-refractivity contribution in [3.8, 4) is 0 Å². The fourth-order valence-corrected chi connectivity index (χ4v) is 5.26. The summed E-state index contributed by atoms with van der Waals surface area (Å²) >= 11 is 7.52. The van der Waals surface area contributed by atoms with E-state index in [1.54, 1.807) is 54.6 Å². The average Bonchev–Trinajstić information content (AvgIpc) is 3.03. The van der Waals surface area contributed by atoms with E-state index in [1.807, 2.05) is 73.7 Å². The molecular weight excluding hydrogens is 578 g/mol. The fraction of sp³-hybridized carbons (Fsp3) is 0.0571. The Morgan fingerprint density at radius 3 is 2.26 bits per heavy atom. The zero-order valence-electron chi connectivity index (χ0n) is 23.3. The molecule has 0 saturated carbocycles. The number of hydrogen-bond acceptors (Lipinski definition) is 4. The Morgan fingerprint density at radius 2 is 1.47 bits per heavy atom. The fourth-order valence-electron chi connectivity index (χ4n) is 4.39. The lowest BCUT2D eigenvalue weighted by atomic mass is 10.0. The lowest BCUT2D eigenvalue weighted by molar-refractivity contribution is -0.114. The Labute approximate surface area is 259 Å². The first kappa shape index (κ1) is 29.6. The summed E-state index contributed by atoms with van der Waals surface area (Å²) in [5.74, 6) is -0.791. The molecule has 5 rings (SSSR count). The Bertz CT molecular complexity index is 1820. The van der Waals surface area contributed by atoms with Gasteiger partial charge in [0.1, 0.15) is 5.70 Å². The summed E-state index contributed by atoms with van der Waals surface area (Å²) in [5, 5.41) is 11.1. The molecule has 5 aromatic carbocycles. The second kappa shape index (κ2) is 13.9. The van der Waals surface area contributed by atoms with Crippen LogP contribution in [-0.2, 0) is 9.59 Å². The molecule has 0 spiro atoms. The summed E-state index contributed by atoms with van der Waals surface area (Å²) in [6.07, 6.45) is 1.68. The molecule has 6 nitrogen and oxygen atoms in total. The van der Waals surface area contributed by atoms with Crippen molar-refractivity contribution >= 4 is 69.3 Å². The van der Waals surface area contributed by atoms with Crippen LogP contribution in [0, 0.1) is 6.92 Å². The Hall–Kier alpha value is -4.85. The Kier molecular flexibility index (Phi) is 9.56. The molecule has 0 bridgehead atoms. The maximum Gasteiger partial charge on any atom is 0.272 e. The minimum Gasteiger partial charge on any atom is -0.325 e. The lowest BCUT2D eigenvalue weighted by Gasteiger charge is -2.13. The van der Waals surface area contributed by atoms with Gasteiger partial charge in [-0.15, -0.1) is 11.8 Å². The van der Waals surface area contributed by atoms with E-state index in [1.165, 1.54) is 11.8 Å². The zero-order valence-corrected chi connectivity index (χ0v) is 24.8. The highest BCUT2D eigenvalue weighted by Crippen LogP contribution is 2.25. The van der Waals surface area contributed by atoms with Crippen molar-refractivity contribution < 1.29 is 14.4 Å². The van der Waals surface area contributed by atoms with Crippen LogP contribution in [0.25, 0.3) is 16.8 Å². The molecule has 0 aliphatic carbocycles. The van der Waals surface area contributed by atoms with E-state index in [2.05, 4.69) is 16.0 Å². The third kappa shape index (κ3) is 7.71. The SMILES string of the molecule is Cc1c(Cl)cccc1NC(=O)CSc1ccc(NC(=O)/C(=C/c2cccc3ccccc23)NC(=O)c2ccccc2)cc1. The molecule has 0 heterocycles. The monoisotopic (exact) mass is 605 g/mol.